The van der Waals surface area contributed by atoms with Crippen molar-refractivity contribution >= 4 is 16.3 Å². The number of aliphatic hydroxyl groups is 4. The van der Waals surface area contributed by atoms with E-state index in [1.165, 1.54) is 64.2 Å². The minimum Gasteiger partial charge on any atom is -0.394 e. The molecule has 0 aromatic heterocycles. The molecule has 1 heterocycles. The van der Waals surface area contributed by atoms with Crippen LogP contribution in [0.5, 0.6) is 0 Å². The SMILES string of the molecule is CCCC/C=C\CCCCCCCC(=O)NC(COC1OC(CO)C(O)C(OS(=O)(=O)O)C1O)C(O)/C=C/CCCCCCCCCCCC. The van der Waals surface area contributed by atoms with E-state index in [0.717, 1.165) is 57.8 Å². The molecular formula is C37H69NO11S. The number of hydrogen-bond donors (Lipinski definition) is 6. The topological polar surface area (TPSA) is 192 Å². The molecule has 1 amide bonds. The molecule has 0 aromatic rings. The third kappa shape index (κ3) is 22.5. The number of nitrogens with one attached hydrogen (secondary N) is 1. The number of aliphatic hydroxyl groups excluding tert-OH is 4. The maximum absolute atomic E-state index is 12.9. The van der Waals surface area contributed by atoms with Gasteiger partial charge in [-0.1, -0.05) is 128 Å². The van der Waals surface area contributed by atoms with E-state index in [2.05, 4.69) is 35.5 Å². The zero-order chi connectivity index (χ0) is 37.0. The highest BCUT2D eigenvalue weighted by Crippen LogP contribution is 2.26. The summed E-state index contributed by atoms with van der Waals surface area (Å²) in [6.45, 7) is 3.29. The average molecular weight is 736 g/mol. The first kappa shape index (κ1) is 46.6. The summed E-state index contributed by atoms with van der Waals surface area (Å²) in [6.07, 6.45) is 20.9. The summed E-state index contributed by atoms with van der Waals surface area (Å²) in [6, 6.07) is -0.942. The van der Waals surface area contributed by atoms with E-state index in [-0.39, 0.29) is 18.9 Å². The predicted molar refractivity (Wildman–Crippen MR) is 195 cm³/mol. The Morgan fingerprint density at radius 1 is 0.780 bits per heavy atom. The monoisotopic (exact) mass is 735 g/mol. The molecule has 1 rings (SSSR count). The van der Waals surface area contributed by atoms with Gasteiger partial charge in [0, 0.05) is 6.42 Å². The van der Waals surface area contributed by atoms with E-state index >= 15 is 0 Å². The van der Waals surface area contributed by atoms with Crippen molar-refractivity contribution in [1.82, 2.24) is 5.32 Å². The first-order valence-electron chi connectivity index (χ1n) is 19.2. The van der Waals surface area contributed by atoms with Crippen LogP contribution < -0.4 is 5.32 Å². The van der Waals surface area contributed by atoms with E-state index in [1.807, 2.05) is 6.08 Å². The van der Waals surface area contributed by atoms with Crippen molar-refractivity contribution in [3.63, 3.8) is 0 Å². The van der Waals surface area contributed by atoms with Crippen molar-refractivity contribution in [3.05, 3.63) is 24.3 Å². The van der Waals surface area contributed by atoms with Crippen LogP contribution in [0.4, 0.5) is 0 Å². The van der Waals surface area contributed by atoms with Crippen LogP contribution in [0.2, 0.25) is 0 Å². The van der Waals surface area contributed by atoms with E-state index < -0.39 is 59.9 Å². The summed E-state index contributed by atoms with van der Waals surface area (Å²) >= 11 is 0. The van der Waals surface area contributed by atoms with Crippen LogP contribution in [0.3, 0.4) is 0 Å². The van der Waals surface area contributed by atoms with E-state index in [0.29, 0.717) is 6.42 Å². The number of carbonyl (C=O) groups is 1. The quantitative estimate of drug-likeness (QED) is 0.0286. The molecule has 0 aliphatic carbocycles. The van der Waals surface area contributed by atoms with Gasteiger partial charge in [0.15, 0.2) is 6.29 Å². The lowest BCUT2D eigenvalue weighted by atomic mass is 9.99. The molecule has 1 fully saturated rings. The molecule has 1 saturated heterocycles. The average Bonchev–Trinajstić information content (AvgIpc) is 3.08. The molecule has 12 nitrogen and oxygen atoms in total. The summed E-state index contributed by atoms with van der Waals surface area (Å²) in [5, 5.41) is 44.4. The van der Waals surface area contributed by atoms with Gasteiger partial charge in [-0.15, -0.1) is 0 Å². The summed E-state index contributed by atoms with van der Waals surface area (Å²) in [5.74, 6) is -0.277. The van der Waals surface area contributed by atoms with Gasteiger partial charge in [0.1, 0.15) is 24.4 Å². The third-order valence-electron chi connectivity index (χ3n) is 8.98. The molecular weight excluding hydrogens is 666 g/mol. The Bertz CT molecular complexity index is 1010. The van der Waals surface area contributed by atoms with Gasteiger partial charge >= 0.3 is 10.4 Å². The van der Waals surface area contributed by atoms with Crippen LogP contribution in [0, 0.1) is 0 Å². The normalized spacial score (nSPS) is 22.7. The number of carbonyl (C=O) groups excluding carboxylic acids is 1. The molecule has 0 radical (unpaired) electrons. The van der Waals surface area contributed by atoms with Gasteiger partial charge in [0.2, 0.25) is 5.91 Å². The number of rotatable bonds is 31. The van der Waals surface area contributed by atoms with Crippen LogP contribution >= 0.6 is 0 Å². The molecule has 0 saturated carbocycles. The number of amides is 1. The zero-order valence-corrected chi connectivity index (χ0v) is 31.5. The molecule has 294 valence electrons. The highest BCUT2D eigenvalue weighted by atomic mass is 32.3. The van der Waals surface area contributed by atoms with E-state index in [9.17, 15) is 33.6 Å². The van der Waals surface area contributed by atoms with Crippen molar-refractivity contribution in [2.24, 2.45) is 0 Å². The Morgan fingerprint density at radius 3 is 1.86 bits per heavy atom. The maximum Gasteiger partial charge on any atom is 0.397 e. The summed E-state index contributed by atoms with van der Waals surface area (Å²) in [5.41, 5.74) is 0. The maximum atomic E-state index is 12.9. The first-order chi connectivity index (χ1) is 24.0. The van der Waals surface area contributed by atoms with Crippen LogP contribution in [-0.2, 0) is 28.9 Å². The summed E-state index contributed by atoms with van der Waals surface area (Å²) < 4.78 is 47.3. The highest BCUT2D eigenvalue weighted by Gasteiger charge is 2.48. The largest absolute Gasteiger partial charge is 0.397 e. The van der Waals surface area contributed by atoms with Crippen molar-refractivity contribution in [1.29, 1.82) is 0 Å². The number of unbranched alkanes of at least 4 members (excludes halogenated alkanes) is 17. The summed E-state index contributed by atoms with van der Waals surface area (Å²) in [4.78, 5) is 12.9. The number of allylic oxidation sites excluding steroid dienone is 3. The van der Waals surface area contributed by atoms with Gasteiger partial charge in [0.25, 0.3) is 0 Å². The molecule has 1 aliphatic heterocycles. The molecule has 0 spiro atoms. The van der Waals surface area contributed by atoms with Gasteiger partial charge < -0.3 is 35.2 Å². The Morgan fingerprint density at radius 2 is 1.30 bits per heavy atom. The fourth-order valence-corrected chi connectivity index (χ4v) is 6.41. The second-order valence-electron chi connectivity index (χ2n) is 13.5. The Labute approximate surface area is 302 Å². The van der Waals surface area contributed by atoms with Gasteiger partial charge in [0.05, 0.1) is 25.4 Å². The first-order valence-corrected chi connectivity index (χ1v) is 20.6. The van der Waals surface area contributed by atoms with Crippen LogP contribution in [-0.4, -0.2) is 95.4 Å². The lowest BCUT2D eigenvalue weighted by molar-refractivity contribution is -0.298. The lowest BCUT2D eigenvalue weighted by Crippen LogP contribution is -2.61. The second kappa shape index (κ2) is 29.1. The third-order valence-corrected chi connectivity index (χ3v) is 9.44. The number of hydrogen-bond acceptors (Lipinski definition) is 10. The van der Waals surface area contributed by atoms with E-state index in [4.69, 9.17) is 14.0 Å². The van der Waals surface area contributed by atoms with Crippen LogP contribution in [0.1, 0.15) is 149 Å². The smallest absolute Gasteiger partial charge is 0.394 e. The van der Waals surface area contributed by atoms with Gasteiger partial charge in [-0.05, 0) is 38.5 Å². The number of ether oxygens (including phenoxy) is 2. The van der Waals surface area contributed by atoms with E-state index in [1.54, 1.807) is 6.08 Å². The summed E-state index contributed by atoms with van der Waals surface area (Å²) in [7, 11) is -5.08. The molecule has 13 heteroatoms. The standard InChI is InChI=1S/C37H69NO11S/c1-3-5-7-9-11-13-15-17-18-20-22-24-26-31(40)30(38-33(41)27-25-23-21-19-16-14-12-10-8-6-4-2)29-47-37-35(43)36(49-50(44,45)46)34(42)32(28-39)48-37/h10,12,24,26,30-32,34-37,39-40,42-43H,3-9,11,13-23,25,27-29H2,1-2H3,(H,38,41)(H,44,45,46)/b12-10-,26-24+. The molecule has 7 unspecified atom stereocenters. The van der Waals surface area contributed by atoms with Crippen LogP contribution in [0.25, 0.3) is 0 Å². The molecule has 0 bridgehead atoms. The molecule has 1 aliphatic rings. The van der Waals surface area contributed by atoms with Crippen molar-refractivity contribution < 1.29 is 51.8 Å². The zero-order valence-electron chi connectivity index (χ0n) is 30.7. The molecule has 6 N–H and O–H groups in total. The Kier molecular flexibility index (Phi) is 27.1. The fraction of sp³-hybridized carbons (Fsp3) is 0.865. The van der Waals surface area contributed by atoms with Crippen molar-refractivity contribution in [2.75, 3.05) is 13.2 Å². The molecule has 7 atom stereocenters. The van der Waals surface area contributed by atoms with Crippen LogP contribution in [0.15, 0.2) is 24.3 Å². The second-order valence-corrected chi connectivity index (χ2v) is 14.6. The predicted octanol–water partition coefficient (Wildman–Crippen LogP) is 5.82. The van der Waals surface area contributed by atoms with Gasteiger partial charge in [-0.3, -0.25) is 9.35 Å². The van der Waals surface area contributed by atoms with Gasteiger partial charge in [-0.2, -0.15) is 8.42 Å². The highest BCUT2D eigenvalue weighted by molar-refractivity contribution is 7.80. The molecule has 0 aromatic carbocycles. The fourth-order valence-electron chi connectivity index (χ4n) is 5.90. The Hall–Kier alpha value is -1.42. The Balaban J connectivity index is 2.67. The molecule has 50 heavy (non-hydrogen) atoms. The van der Waals surface area contributed by atoms with Gasteiger partial charge in [-0.25, -0.2) is 4.18 Å². The lowest BCUT2D eigenvalue weighted by Gasteiger charge is -2.41. The minimum atomic E-state index is -5.08. The minimum absolute atomic E-state index is 0.258. The van der Waals surface area contributed by atoms with Crippen molar-refractivity contribution in [3.8, 4) is 0 Å². The van der Waals surface area contributed by atoms with Crippen molar-refractivity contribution in [2.45, 2.75) is 192 Å².